The lowest BCUT2D eigenvalue weighted by atomic mass is 9.75. The van der Waals surface area contributed by atoms with Crippen LogP contribution in [-0.2, 0) is 23.8 Å². The lowest BCUT2D eigenvalue weighted by Crippen LogP contribution is -2.53. The highest BCUT2D eigenvalue weighted by atomic mass is 19.4. The van der Waals surface area contributed by atoms with Gasteiger partial charge in [-0.2, -0.15) is 23.1 Å². The highest BCUT2D eigenvalue weighted by Crippen LogP contribution is 2.45. The number of pyridine rings is 1. The molecule has 0 radical (unpaired) electrons. The van der Waals surface area contributed by atoms with Crippen molar-refractivity contribution in [1.82, 2.24) is 24.8 Å². The van der Waals surface area contributed by atoms with E-state index in [0.29, 0.717) is 50.5 Å². The Morgan fingerprint density at radius 3 is 2.71 bits per heavy atom. The molecule has 2 aromatic rings. The quantitative estimate of drug-likeness (QED) is 0.340. The summed E-state index contributed by atoms with van der Waals surface area (Å²) in [7, 11) is 1.92. The second-order valence-corrected chi connectivity index (χ2v) is 13.4. The van der Waals surface area contributed by atoms with Gasteiger partial charge in [0.25, 0.3) is 0 Å². The van der Waals surface area contributed by atoms with Crippen LogP contribution in [-0.4, -0.2) is 88.7 Å². The average molecular weight is 632 g/mol. The van der Waals surface area contributed by atoms with E-state index in [0.717, 1.165) is 24.9 Å². The number of fused-ring (bicyclic) bond motifs is 2. The highest BCUT2D eigenvalue weighted by molar-refractivity contribution is 5.87. The number of aromatic nitrogens is 3. The number of aryl methyl sites for hydroxylation is 1. The first-order valence-corrected chi connectivity index (χ1v) is 15.7. The summed E-state index contributed by atoms with van der Waals surface area (Å²) >= 11 is 0. The fourth-order valence-corrected chi connectivity index (χ4v) is 7.97. The van der Waals surface area contributed by atoms with E-state index < -0.39 is 29.4 Å². The molecule has 4 atom stereocenters. The number of alkyl halides is 4. The Hall–Kier alpha value is -3.48. The molecule has 6 rings (SSSR count). The molecule has 2 unspecified atom stereocenters. The molecule has 1 aliphatic carbocycles. The molecule has 3 aliphatic heterocycles. The Bertz CT molecular complexity index is 1480. The Balaban J connectivity index is 1.33. The normalized spacial score (nSPS) is 26.7. The zero-order chi connectivity index (χ0) is 32.3. The maximum Gasteiger partial charge on any atom is 0.418 e. The van der Waals surface area contributed by atoms with Crippen LogP contribution in [0.5, 0.6) is 6.01 Å². The minimum Gasteiger partial charge on any atom is -0.461 e. The molecule has 244 valence electrons. The molecule has 0 aromatic carbocycles. The number of nitrogens with two attached hydrogens (primary N) is 1. The van der Waals surface area contributed by atoms with Crippen LogP contribution in [0.2, 0.25) is 0 Å². The van der Waals surface area contributed by atoms with Crippen molar-refractivity contribution in [3.63, 3.8) is 0 Å². The van der Waals surface area contributed by atoms with Gasteiger partial charge in [-0.15, -0.1) is 0 Å². The molecule has 9 nitrogen and oxygen atoms in total. The van der Waals surface area contributed by atoms with Gasteiger partial charge in [0.05, 0.1) is 22.5 Å². The third kappa shape index (κ3) is 5.95. The molecular weight excluding hydrogens is 590 g/mol. The van der Waals surface area contributed by atoms with Crippen LogP contribution >= 0.6 is 0 Å². The minimum atomic E-state index is -4.59. The third-order valence-electron chi connectivity index (χ3n) is 10.1. The van der Waals surface area contributed by atoms with Gasteiger partial charge in [0.1, 0.15) is 24.4 Å². The van der Waals surface area contributed by atoms with Crippen LogP contribution in [0.25, 0.3) is 0 Å². The summed E-state index contributed by atoms with van der Waals surface area (Å²) in [5, 5.41) is 0. The van der Waals surface area contributed by atoms with Gasteiger partial charge in [-0.05, 0) is 62.8 Å². The van der Waals surface area contributed by atoms with Gasteiger partial charge < -0.3 is 20.3 Å². The molecule has 0 bridgehead atoms. The van der Waals surface area contributed by atoms with Gasteiger partial charge >= 0.3 is 12.2 Å². The summed E-state index contributed by atoms with van der Waals surface area (Å²) in [6, 6.07) is 1.40. The van der Waals surface area contributed by atoms with E-state index in [4.69, 9.17) is 20.4 Å². The first-order chi connectivity index (χ1) is 21.3. The van der Waals surface area contributed by atoms with Gasteiger partial charge in [-0.3, -0.25) is 9.69 Å². The van der Waals surface area contributed by atoms with Crippen molar-refractivity contribution in [1.29, 1.82) is 0 Å². The van der Waals surface area contributed by atoms with Crippen molar-refractivity contribution in [3.8, 4) is 6.01 Å². The molecular formula is C32H41F4N7O2. The largest absolute Gasteiger partial charge is 0.461 e. The van der Waals surface area contributed by atoms with Crippen molar-refractivity contribution >= 4 is 17.5 Å². The Labute approximate surface area is 260 Å². The highest BCUT2D eigenvalue weighted by Gasteiger charge is 2.49. The first kappa shape index (κ1) is 31.5. The Morgan fingerprint density at radius 1 is 1.24 bits per heavy atom. The average Bonchev–Trinajstić information content (AvgIpc) is 3.46. The van der Waals surface area contributed by atoms with E-state index in [2.05, 4.69) is 16.5 Å². The predicted molar refractivity (Wildman–Crippen MR) is 162 cm³/mol. The van der Waals surface area contributed by atoms with Gasteiger partial charge in [0.15, 0.2) is 0 Å². The van der Waals surface area contributed by atoms with Crippen LogP contribution in [0.15, 0.2) is 18.7 Å². The Morgan fingerprint density at radius 2 is 2.00 bits per heavy atom. The number of ether oxygens (including phenoxy) is 1. The van der Waals surface area contributed by atoms with Crippen molar-refractivity contribution in [2.75, 3.05) is 57.0 Å². The number of nitrogen functional groups attached to an aromatic ring is 1. The van der Waals surface area contributed by atoms with Gasteiger partial charge in [0, 0.05) is 57.0 Å². The number of rotatable bonds is 8. The first-order valence-electron chi connectivity index (χ1n) is 15.7. The Kier molecular flexibility index (Phi) is 8.20. The summed E-state index contributed by atoms with van der Waals surface area (Å²) in [6.07, 6.45) is -1.34. The number of anilines is 2. The molecule has 0 spiro atoms. The van der Waals surface area contributed by atoms with E-state index in [-0.39, 0.29) is 53.9 Å². The molecule has 5 heterocycles. The smallest absolute Gasteiger partial charge is 0.418 e. The number of carbonyl (C=O) groups is 1. The number of carbonyl (C=O) groups excluding carboxylic acids is 1. The van der Waals surface area contributed by atoms with Crippen molar-refractivity contribution in [3.05, 3.63) is 46.8 Å². The molecule has 2 N–H and O–H groups in total. The van der Waals surface area contributed by atoms with Crippen molar-refractivity contribution in [2.24, 2.45) is 11.8 Å². The third-order valence-corrected chi connectivity index (χ3v) is 10.1. The predicted octanol–water partition coefficient (Wildman–Crippen LogP) is 4.34. The second kappa shape index (κ2) is 11.7. The fraction of sp³-hybridized carbons (Fsp3) is 0.625. The molecule has 0 saturated carbocycles. The van der Waals surface area contributed by atoms with Crippen LogP contribution in [0.4, 0.5) is 29.2 Å². The number of likely N-dealkylation sites (tertiary alicyclic amines) is 1. The second-order valence-electron chi connectivity index (χ2n) is 13.4. The minimum absolute atomic E-state index is 0.0442. The summed E-state index contributed by atoms with van der Waals surface area (Å²) in [4.78, 5) is 31.7. The molecule has 2 aromatic heterocycles. The zero-order valence-electron chi connectivity index (χ0n) is 26.0. The van der Waals surface area contributed by atoms with Crippen LogP contribution < -0.4 is 15.4 Å². The van der Waals surface area contributed by atoms with E-state index in [1.54, 1.807) is 4.90 Å². The standard InChI is InChI=1S/C32H41F4N7O2/c1-5-26(44)42-14-20(15-42)13-41(4)29-23-9-18(2)22(28-27(32(34,35)36)19(3)10-25(37)39-28)11-24(23)38-30(40-29)45-17-31-7-6-8-43(31)16-21(33)12-31/h5,10,18,20-22H,1,6-9,11-17H2,2-4H3,(H2,37,39)/t18?,21-,22?,31+/m1/s1. The zero-order valence-corrected chi connectivity index (χ0v) is 26.0. The van der Waals surface area contributed by atoms with Crippen LogP contribution in [0.1, 0.15) is 60.2 Å². The lowest BCUT2D eigenvalue weighted by molar-refractivity contribution is -0.139. The summed E-state index contributed by atoms with van der Waals surface area (Å²) < 4.78 is 63.6. The number of amides is 1. The van der Waals surface area contributed by atoms with Crippen LogP contribution in [0, 0.1) is 18.8 Å². The van der Waals surface area contributed by atoms with E-state index in [1.807, 2.05) is 18.9 Å². The van der Waals surface area contributed by atoms with Gasteiger partial charge in [0.2, 0.25) is 5.91 Å². The maximum atomic E-state index is 14.4. The van der Waals surface area contributed by atoms with Crippen molar-refractivity contribution in [2.45, 2.75) is 69.8 Å². The summed E-state index contributed by atoms with van der Waals surface area (Å²) in [6.45, 7) is 10.2. The van der Waals surface area contributed by atoms with Gasteiger partial charge in [-0.1, -0.05) is 13.5 Å². The van der Waals surface area contributed by atoms with Crippen molar-refractivity contribution < 1.29 is 27.1 Å². The summed E-state index contributed by atoms with van der Waals surface area (Å²) in [5.41, 5.74) is 6.29. The van der Waals surface area contributed by atoms with E-state index in [9.17, 15) is 22.4 Å². The molecule has 1 amide bonds. The number of hydrogen-bond acceptors (Lipinski definition) is 8. The van der Waals surface area contributed by atoms with E-state index in [1.165, 1.54) is 19.1 Å². The van der Waals surface area contributed by atoms with Gasteiger partial charge in [-0.25, -0.2) is 9.37 Å². The SMILES string of the molecule is C=CC(=O)N1CC(CN(C)c2nc(OC[C@@]34CCCN3C[C@H](F)C4)nc3c2CC(C)C(c2nc(N)cc(C)c2C(F)(F)F)C3)C1. The maximum absolute atomic E-state index is 14.4. The number of hydrogen-bond donors (Lipinski definition) is 1. The summed E-state index contributed by atoms with van der Waals surface area (Å²) in [5.74, 6) is 0.0569. The molecule has 4 aliphatic rings. The topological polar surface area (TPSA) is 101 Å². The lowest BCUT2D eigenvalue weighted by Gasteiger charge is -2.41. The fourth-order valence-electron chi connectivity index (χ4n) is 7.97. The molecule has 13 heteroatoms. The number of halogens is 4. The molecule has 45 heavy (non-hydrogen) atoms. The molecule has 3 fully saturated rings. The van der Waals surface area contributed by atoms with E-state index >= 15 is 0 Å². The molecule has 3 saturated heterocycles. The number of nitrogens with zero attached hydrogens (tertiary/aromatic N) is 6. The monoisotopic (exact) mass is 631 g/mol. The van der Waals surface area contributed by atoms with Crippen LogP contribution in [0.3, 0.4) is 0 Å².